The molecule has 1 saturated heterocycles. The summed E-state index contributed by atoms with van der Waals surface area (Å²) in [5.41, 5.74) is 3.15. The molecule has 0 bridgehead atoms. The summed E-state index contributed by atoms with van der Waals surface area (Å²) in [5.74, 6) is -1.19. The molecule has 1 aliphatic heterocycles. The molecule has 8 nitrogen and oxygen atoms in total. The molecule has 0 N–H and O–H groups in total. The molecule has 4 rings (SSSR count). The fraction of sp³-hybridized carbons (Fsp3) is 0.259. The molecule has 0 amide bonds. The minimum atomic E-state index is -1.19. The van der Waals surface area contributed by atoms with Crippen LogP contribution in [0.4, 0.5) is 11.4 Å². The van der Waals surface area contributed by atoms with Crippen LogP contribution in [0.25, 0.3) is 0 Å². The highest BCUT2D eigenvalue weighted by Gasteiger charge is 2.29. The van der Waals surface area contributed by atoms with Gasteiger partial charge < -0.3 is 14.4 Å². The third-order valence-electron chi connectivity index (χ3n) is 5.94. The number of carbonyl (C=O) groups is 2. The SMILES string of the molecule is Cc1ccc(C(=O)C(OC(=O)c2ccc(N3CCOCC3)c([N+](=O)[O-])c2)c2ccc(C)cc2)cc1. The van der Waals surface area contributed by atoms with Crippen LogP contribution in [0, 0.1) is 24.0 Å². The summed E-state index contributed by atoms with van der Waals surface area (Å²) in [6.07, 6.45) is -1.19. The lowest BCUT2D eigenvalue weighted by molar-refractivity contribution is -0.384. The van der Waals surface area contributed by atoms with E-state index >= 15 is 0 Å². The summed E-state index contributed by atoms with van der Waals surface area (Å²) in [7, 11) is 0. The first-order chi connectivity index (χ1) is 16.8. The van der Waals surface area contributed by atoms with E-state index in [1.165, 1.54) is 12.1 Å². The first kappa shape index (κ1) is 24.1. The molecule has 0 radical (unpaired) electrons. The van der Waals surface area contributed by atoms with Crippen molar-refractivity contribution in [2.24, 2.45) is 0 Å². The summed E-state index contributed by atoms with van der Waals surface area (Å²) in [4.78, 5) is 39.6. The topological polar surface area (TPSA) is 99.0 Å². The van der Waals surface area contributed by atoms with Crippen molar-refractivity contribution in [2.75, 3.05) is 31.2 Å². The van der Waals surface area contributed by atoms with E-state index in [1.807, 2.05) is 43.0 Å². The fourth-order valence-corrected chi connectivity index (χ4v) is 3.93. The maximum absolute atomic E-state index is 13.3. The first-order valence-electron chi connectivity index (χ1n) is 11.3. The molecular weight excluding hydrogens is 448 g/mol. The third-order valence-corrected chi connectivity index (χ3v) is 5.94. The predicted molar refractivity (Wildman–Crippen MR) is 131 cm³/mol. The number of nitro benzene ring substituents is 1. The van der Waals surface area contributed by atoms with Crippen molar-refractivity contribution in [2.45, 2.75) is 20.0 Å². The van der Waals surface area contributed by atoms with Gasteiger partial charge in [0.1, 0.15) is 5.69 Å². The Morgan fingerprint density at radius 2 is 1.49 bits per heavy atom. The molecule has 3 aromatic carbocycles. The molecule has 0 aliphatic carbocycles. The van der Waals surface area contributed by atoms with Crippen molar-refractivity contribution >= 4 is 23.1 Å². The number of carbonyl (C=O) groups excluding carboxylic acids is 2. The number of ketones is 1. The molecular formula is C27H26N2O6. The van der Waals surface area contributed by atoms with Gasteiger partial charge in [0, 0.05) is 30.3 Å². The molecule has 8 heteroatoms. The minimum absolute atomic E-state index is 0.00234. The number of nitrogens with zero attached hydrogens (tertiary/aromatic N) is 2. The minimum Gasteiger partial charge on any atom is -0.445 e. The van der Waals surface area contributed by atoms with Gasteiger partial charge in [-0.1, -0.05) is 59.7 Å². The van der Waals surface area contributed by atoms with E-state index in [1.54, 1.807) is 30.3 Å². The van der Waals surface area contributed by atoms with E-state index in [4.69, 9.17) is 9.47 Å². The van der Waals surface area contributed by atoms with Crippen LogP contribution < -0.4 is 4.90 Å². The standard InChI is InChI=1S/C27H26N2O6/c1-18-3-7-20(8-4-18)25(30)26(21-9-5-19(2)6-10-21)35-27(31)22-11-12-23(24(17-22)29(32)33)28-13-15-34-16-14-28/h3-12,17,26H,13-16H2,1-2H3. The summed E-state index contributed by atoms with van der Waals surface area (Å²) in [6.45, 7) is 5.82. The highest BCUT2D eigenvalue weighted by atomic mass is 16.6. The lowest BCUT2D eigenvalue weighted by atomic mass is 9.98. The average molecular weight is 475 g/mol. The Morgan fingerprint density at radius 3 is 2.09 bits per heavy atom. The van der Waals surface area contributed by atoms with E-state index in [0.717, 1.165) is 11.1 Å². The lowest BCUT2D eigenvalue weighted by Gasteiger charge is -2.28. The van der Waals surface area contributed by atoms with E-state index < -0.39 is 17.0 Å². The molecule has 3 aromatic rings. The number of morpholine rings is 1. The Morgan fingerprint density at radius 1 is 0.914 bits per heavy atom. The van der Waals surface area contributed by atoms with Gasteiger partial charge in [-0.25, -0.2) is 4.79 Å². The number of aryl methyl sites for hydroxylation is 2. The van der Waals surface area contributed by atoms with Gasteiger partial charge >= 0.3 is 5.97 Å². The van der Waals surface area contributed by atoms with Gasteiger partial charge in [0.25, 0.3) is 5.69 Å². The Hall–Kier alpha value is -4.04. The van der Waals surface area contributed by atoms with Gasteiger partial charge in [-0.15, -0.1) is 0 Å². The zero-order chi connectivity index (χ0) is 24.9. The second-order valence-electron chi connectivity index (χ2n) is 8.49. The Kier molecular flexibility index (Phi) is 7.22. The molecule has 180 valence electrons. The molecule has 1 atom stereocenters. The summed E-state index contributed by atoms with van der Waals surface area (Å²) >= 11 is 0. The third kappa shape index (κ3) is 5.55. The number of benzene rings is 3. The van der Waals surface area contributed by atoms with E-state index in [0.29, 0.717) is 43.1 Å². The smallest absolute Gasteiger partial charge is 0.339 e. The first-order valence-corrected chi connectivity index (χ1v) is 11.3. The van der Waals surface area contributed by atoms with Crippen LogP contribution in [0.1, 0.15) is 43.5 Å². The number of nitro groups is 1. The van der Waals surface area contributed by atoms with Gasteiger partial charge in [-0.3, -0.25) is 14.9 Å². The van der Waals surface area contributed by atoms with E-state index in [9.17, 15) is 19.7 Å². The number of hydrogen-bond acceptors (Lipinski definition) is 7. The van der Waals surface area contributed by atoms with Gasteiger partial charge in [0.2, 0.25) is 5.78 Å². The molecule has 0 aromatic heterocycles. The van der Waals surface area contributed by atoms with Crippen LogP contribution in [-0.2, 0) is 9.47 Å². The van der Waals surface area contributed by atoms with Gasteiger partial charge in [-0.05, 0) is 26.0 Å². The monoisotopic (exact) mass is 474 g/mol. The molecule has 0 saturated carbocycles. The molecule has 1 unspecified atom stereocenters. The van der Waals surface area contributed by atoms with Crippen LogP contribution in [0.2, 0.25) is 0 Å². The Bertz CT molecular complexity index is 1230. The molecule has 0 spiro atoms. The predicted octanol–water partition coefficient (Wildman–Crippen LogP) is 4.83. The number of anilines is 1. The molecule has 1 fully saturated rings. The van der Waals surface area contributed by atoms with Crippen LogP contribution in [0.5, 0.6) is 0 Å². The zero-order valence-corrected chi connectivity index (χ0v) is 19.6. The quantitative estimate of drug-likeness (QED) is 0.209. The molecule has 1 heterocycles. The van der Waals surface area contributed by atoms with Crippen molar-refractivity contribution in [1.82, 2.24) is 0 Å². The lowest BCUT2D eigenvalue weighted by Crippen LogP contribution is -2.36. The Labute approximate surface area is 203 Å². The number of esters is 1. The zero-order valence-electron chi connectivity index (χ0n) is 19.6. The summed E-state index contributed by atoms with van der Waals surface area (Å²) < 4.78 is 11.0. The van der Waals surface area contributed by atoms with Crippen LogP contribution >= 0.6 is 0 Å². The number of rotatable bonds is 7. The van der Waals surface area contributed by atoms with Crippen LogP contribution in [0.3, 0.4) is 0 Å². The molecule has 35 heavy (non-hydrogen) atoms. The Balaban J connectivity index is 1.64. The van der Waals surface area contributed by atoms with Crippen molar-refractivity contribution in [3.05, 3.63) is 105 Å². The van der Waals surface area contributed by atoms with E-state index in [2.05, 4.69) is 0 Å². The number of Topliss-reactive ketones (excluding diaryl/α,β-unsaturated/α-hetero) is 1. The van der Waals surface area contributed by atoms with Crippen molar-refractivity contribution < 1.29 is 24.0 Å². The normalized spacial score (nSPS) is 14.3. The largest absolute Gasteiger partial charge is 0.445 e. The van der Waals surface area contributed by atoms with Crippen molar-refractivity contribution in [3.8, 4) is 0 Å². The molecule has 1 aliphatic rings. The second-order valence-corrected chi connectivity index (χ2v) is 8.49. The number of hydrogen-bond donors (Lipinski definition) is 0. The fourth-order valence-electron chi connectivity index (χ4n) is 3.93. The second kappa shape index (κ2) is 10.5. The van der Waals surface area contributed by atoms with Gasteiger partial charge in [0.05, 0.1) is 23.7 Å². The maximum Gasteiger partial charge on any atom is 0.339 e. The average Bonchev–Trinajstić information content (AvgIpc) is 2.88. The highest BCUT2D eigenvalue weighted by Crippen LogP contribution is 2.31. The maximum atomic E-state index is 13.3. The van der Waals surface area contributed by atoms with Crippen molar-refractivity contribution in [1.29, 1.82) is 0 Å². The van der Waals surface area contributed by atoms with Crippen LogP contribution in [0.15, 0.2) is 66.7 Å². The summed E-state index contributed by atoms with van der Waals surface area (Å²) in [5, 5.41) is 11.8. The van der Waals surface area contributed by atoms with Gasteiger partial charge in [-0.2, -0.15) is 0 Å². The summed E-state index contributed by atoms with van der Waals surface area (Å²) in [6, 6.07) is 18.4. The van der Waals surface area contributed by atoms with Crippen molar-refractivity contribution in [3.63, 3.8) is 0 Å². The number of ether oxygens (including phenoxy) is 2. The highest BCUT2D eigenvalue weighted by molar-refractivity contribution is 6.02. The van der Waals surface area contributed by atoms with Gasteiger partial charge in [0.15, 0.2) is 6.10 Å². The van der Waals surface area contributed by atoms with E-state index in [-0.39, 0.29) is 17.0 Å². The van der Waals surface area contributed by atoms with Crippen LogP contribution in [-0.4, -0.2) is 43.0 Å².